The molecule has 0 atom stereocenters. The summed E-state index contributed by atoms with van der Waals surface area (Å²) in [4.78, 5) is 0. The van der Waals surface area contributed by atoms with Crippen molar-refractivity contribution in [1.82, 2.24) is 0 Å². The van der Waals surface area contributed by atoms with E-state index >= 15 is 0 Å². The number of hydrogen-bond donors (Lipinski definition) is 0. The Morgan fingerprint density at radius 3 is 1.20 bits per heavy atom. The van der Waals surface area contributed by atoms with Crippen LogP contribution in [0.4, 0.5) is 0 Å². The molecule has 362 valence electrons. The predicted molar refractivity (Wildman–Crippen MR) is 320 cm³/mol. The van der Waals surface area contributed by atoms with Gasteiger partial charge >= 0.3 is 37.9 Å². The molecule has 0 unspecified atom stereocenters. The summed E-state index contributed by atoms with van der Waals surface area (Å²) in [6, 6.07) is 89.3. The van der Waals surface area contributed by atoms with Crippen molar-refractivity contribution in [2.24, 2.45) is 11.8 Å². The Bertz CT molecular complexity index is 3590. The van der Waals surface area contributed by atoms with Gasteiger partial charge in [-0.05, 0) is 79.6 Å². The van der Waals surface area contributed by atoms with Gasteiger partial charge in [0.05, 0.1) is 9.52 Å². The van der Waals surface area contributed by atoms with Crippen molar-refractivity contribution in [3.05, 3.63) is 254 Å². The smallest absolute Gasteiger partial charge is 0.0920 e. The fourth-order valence-electron chi connectivity index (χ4n) is 10.8. The molecule has 0 saturated carbocycles. The monoisotopic (exact) mass is 1090 g/mol. The van der Waals surface area contributed by atoms with E-state index in [0.717, 1.165) is 22.4 Å². The van der Waals surface area contributed by atoms with Gasteiger partial charge in [0.1, 0.15) is 0 Å². The van der Waals surface area contributed by atoms with Crippen LogP contribution in [0.2, 0.25) is 0 Å². The standard InChI is InChI=1S/2C29H25.C12H7Si.2ClH.Zr/c2*1-20(2)17-21-18-23-11-8-16-28(29(23)19-21)27-14-6-5-13-26(27)25-15-7-10-22-9-3-4-12-24(22)25;1-3-7-11-9(5-1)10-6-2-4-8-12(10)13-11;;;/h2*3-16,18-20H,17H2,1-2H3;1-7H;2*1H;/q3*-1;;;+2/p-2. The first-order valence-electron chi connectivity index (χ1n) is 25.6. The molecule has 0 aromatic heterocycles. The van der Waals surface area contributed by atoms with Gasteiger partial charge in [0.15, 0.2) is 0 Å². The molecular weight excluding hydrogens is 1030 g/mol. The number of fused-ring (bicyclic) bond motifs is 7. The summed E-state index contributed by atoms with van der Waals surface area (Å²) in [7, 11) is 10.7. The molecule has 0 spiro atoms. The minimum atomic E-state index is -0.826. The van der Waals surface area contributed by atoms with Crippen molar-refractivity contribution >= 4 is 80.0 Å². The minimum absolute atomic E-state index is 0.665. The Labute approximate surface area is 458 Å². The topological polar surface area (TPSA) is 0 Å². The quantitative estimate of drug-likeness (QED) is 0.105. The van der Waals surface area contributed by atoms with Crippen LogP contribution in [0.5, 0.6) is 0 Å². The summed E-state index contributed by atoms with van der Waals surface area (Å²) in [6.07, 6.45) is 2.25. The van der Waals surface area contributed by atoms with Crippen molar-refractivity contribution in [2.75, 3.05) is 0 Å². The van der Waals surface area contributed by atoms with Crippen molar-refractivity contribution < 1.29 is 20.8 Å². The van der Waals surface area contributed by atoms with Crippen LogP contribution in [0.1, 0.15) is 38.8 Å². The van der Waals surface area contributed by atoms with Gasteiger partial charge in [-0.15, -0.1) is 74.6 Å². The van der Waals surface area contributed by atoms with Gasteiger partial charge in [0, 0.05) is 0 Å². The summed E-state index contributed by atoms with van der Waals surface area (Å²) in [5.74, 6) is 1.33. The third-order valence-electron chi connectivity index (χ3n) is 13.8. The van der Waals surface area contributed by atoms with Crippen LogP contribution in [0.15, 0.2) is 237 Å². The zero-order chi connectivity index (χ0) is 51.0. The first-order chi connectivity index (χ1) is 36.3. The van der Waals surface area contributed by atoms with E-state index in [4.69, 9.17) is 17.0 Å². The Morgan fingerprint density at radius 2 is 0.743 bits per heavy atom. The van der Waals surface area contributed by atoms with Gasteiger partial charge in [-0.25, -0.2) is 0 Å². The molecule has 0 amide bonds. The zero-order valence-corrected chi connectivity index (χ0v) is 47.3. The maximum atomic E-state index is 4.93. The molecule has 0 saturated heterocycles. The fourth-order valence-corrected chi connectivity index (χ4v) is 12.1. The molecule has 0 bridgehead atoms. The van der Waals surface area contributed by atoms with E-state index < -0.39 is 20.8 Å². The van der Waals surface area contributed by atoms with E-state index in [0.29, 0.717) is 11.8 Å². The van der Waals surface area contributed by atoms with Crippen LogP contribution in [-0.2, 0) is 33.7 Å². The first kappa shape index (κ1) is 51.1. The number of benzene rings is 10. The second-order valence-corrected chi connectivity index (χ2v) is 24.9. The van der Waals surface area contributed by atoms with E-state index in [-0.39, 0.29) is 0 Å². The van der Waals surface area contributed by atoms with Gasteiger partial charge in [0.2, 0.25) is 0 Å². The van der Waals surface area contributed by atoms with Crippen LogP contribution in [0.3, 0.4) is 0 Å². The largest absolute Gasteiger partial charge is 0.184 e. The Balaban J connectivity index is 0.000000131. The zero-order valence-electron chi connectivity index (χ0n) is 42.3. The molecule has 12 aromatic carbocycles. The molecule has 0 nitrogen and oxygen atoms in total. The molecule has 13 rings (SSSR count). The second-order valence-electron chi connectivity index (χ2n) is 19.9. The summed E-state index contributed by atoms with van der Waals surface area (Å²) in [5, 5.41) is 13.4. The molecule has 1 aliphatic heterocycles. The van der Waals surface area contributed by atoms with Gasteiger partial charge in [-0.2, -0.15) is 41.6 Å². The molecule has 12 aromatic rings. The van der Waals surface area contributed by atoms with Gasteiger partial charge in [-0.3, -0.25) is 0 Å². The summed E-state index contributed by atoms with van der Waals surface area (Å²) >= 11 is -0.826. The maximum Gasteiger partial charge on any atom is 0.0920 e. The first-order valence-corrected chi connectivity index (χ1v) is 33.0. The third-order valence-corrected chi connectivity index (χ3v) is 15.2. The van der Waals surface area contributed by atoms with Crippen molar-refractivity contribution in [1.29, 1.82) is 0 Å². The SMILES string of the molecule is CC(C)Cc1cc2c(-c3ccccc3-c3cccc4ccccc34)cccc2[cH-]1.CC(C)Cc1cc2c(-c3ccccc3-c3cccc4ccccc34)cccc2[cH-]1.[Cl][Zr][Cl].[c-]1cccc2c1[Si]c1ccccc1-2. The van der Waals surface area contributed by atoms with Crippen LogP contribution >= 0.6 is 17.0 Å². The van der Waals surface area contributed by atoms with Crippen LogP contribution in [0.25, 0.3) is 98.7 Å². The third kappa shape index (κ3) is 11.3. The molecule has 74 heavy (non-hydrogen) atoms. The minimum Gasteiger partial charge on any atom is -0.184 e. The van der Waals surface area contributed by atoms with Crippen LogP contribution in [0, 0.1) is 17.9 Å². The number of hydrogen-bond acceptors (Lipinski definition) is 0. The molecule has 0 aliphatic carbocycles. The van der Waals surface area contributed by atoms with Gasteiger partial charge in [0.25, 0.3) is 0 Å². The van der Waals surface area contributed by atoms with Crippen molar-refractivity contribution in [3.63, 3.8) is 0 Å². The molecular formula is C70H57Cl2SiZr-3. The molecule has 2 radical (unpaired) electrons. The van der Waals surface area contributed by atoms with Crippen LogP contribution in [-0.4, -0.2) is 9.52 Å². The average molecular weight is 1090 g/mol. The van der Waals surface area contributed by atoms with E-state index in [2.05, 4.69) is 264 Å². The second kappa shape index (κ2) is 23.9. The van der Waals surface area contributed by atoms with Crippen LogP contribution < -0.4 is 10.4 Å². The molecule has 4 heteroatoms. The summed E-state index contributed by atoms with van der Waals surface area (Å²) in [6.45, 7) is 9.14. The number of halogens is 2. The van der Waals surface area contributed by atoms with E-state index in [1.807, 2.05) is 6.07 Å². The molecule has 1 aliphatic rings. The summed E-state index contributed by atoms with van der Waals surface area (Å²) in [5.41, 5.74) is 16.1. The Hall–Kier alpha value is -6.38. The van der Waals surface area contributed by atoms with Gasteiger partial charge in [-0.1, -0.05) is 219 Å². The van der Waals surface area contributed by atoms with Crippen molar-refractivity contribution in [3.8, 4) is 55.6 Å². The average Bonchev–Trinajstić information content (AvgIpc) is 4.15. The molecule has 0 N–H and O–H groups in total. The van der Waals surface area contributed by atoms with E-state index in [9.17, 15) is 0 Å². The predicted octanol–water partition coefficient (Wildman–Crippen LogP) is 19.0. The van der Waals surface area contributed by atoms with E-state index in [1.54, 1.807) is 0 Å². The molecule has 0 fully saturated rings. The normalized spacial score (nSPS) is 11.4. The maximum absolute atomic E-state index is 4.93. The van der Waals surface area contributed by atoms with E-state index in [1.165, 1.54) is 120 Å². The van der Waals surface area contributed by atoms with Gasteiger partial charge < -0.3 is 0 Å². The summed E-state index contributed by atoms with van der Waals surface area (Å²) < 4.78 is 0. The fraction of sp³-hybridized carbons (Fsp3) is 0.114. The molecule has 1 heterocycles. The Morgan fingerprint density at radius 1 is 0.392 bits per heavy atom. The Kier molecular flexibility index (Phi) is 16.5. The number of rotatable bonds is 8. The van der Waals surface area contributed by atoms with Crippen molar-refractivity contribution in [2.45, 2.75) is 40.5 Å².